The first-order valence-corrected chi connectivity index (χ1v) is 7.19. The highest BCUT2D eigenvalue weighted by molar-refractivity contribution is 9.10. The monoisotopic (exact) mass is 305 g/mol. The standard InChI is InChI=1S/C16H20BrN/c1-16(2,11-18)10-9-12-7-8-15(17)14-6-4-3-5-13(12)14/h3-8H,9-11,18H2,1-2H3. The molecule has 0 radical (unpaired) electrons. The summed E-state index contributed by atoms with van der Waals surface area (Å²) in [7, 11) is 0. The highest BCUT2D eigenvalue weighted by atomic mass is 79.9. The molecule has 0 atom stereocenters. The second kappa shape index (κ2) is 5.41. The zero-order chi connectivity index (χ0) is 13.2. The summed E-state index contributed by atoms with van der Waals surface area (Å²) in [5, 5.41) is 2.64. The van der Waals surface area contributed by atoms with Crippen molar-refractivity contribution in [3.05, 3.63) is 46.4 Å². The maximum absolute atomic E-state index is 5.80. The van der Waals surface area contributed by atoms with E-state index < -0.39 is 0 Å². The first-order valence-electron chi connectivity index (χ1n) is 6.40. The van der Waals surface area contributed by atoms with Crippen molar-refractivity contribution in [1.82, 2.24) is 0 Å². The maximum Gasteiger partial charge on any atom is 0.0253 e. The highest BCUT2D eigenvalue weighted by Gasteiger charge is 2.16. The number of rotatable bonds is 4. The number of aryl methyl sites for hydroxylation is 1. The van der Waals surface area contributed by atoms with Crippen molar-refractivity contribution in [2.75, 3.05) is 6.54 Å². The Bertz CT molecular complexity index is 546. The van der Waals surface area contributed by atoms with E-state index in [-0.39, 0.29) is 5.41 Å². The molecule has 96 valence electrons. The van der Waals surface area contributed by atoms with Crippen LogP contribution in [0.1, 0.15) is 25.8 Å². The predicted octanol–water partition coefficient (Wildman–Crippen LogP) is 4.52. The average molecular weight is 306 g/mol. The molecule has 0 heterocycles. The topological polar surface area (TPSA) is 26.0 Å². The molecule has 2 aromatic rings. The summed E-state index contributed by atoms with van der Waals surface area (Å²) in [5.74, 6) is 0. The van der Waals surface area contributed by atoms with Gasteiger partial charge in [0.1, 0.15) is 0 Å². The quantitative estimate of drug-likeness (QED) is 0.883. The van der Waals surface area contributed by atoms with Gasteiger partial charge in [-0.2, -0.15) is 0 Å². The molecule has 0 unspecified atom stereocenters. The molecule has 0 amide bonds. The smallest absolute Gasteiger partial charge is 0.0253 e. The zero-order valence-electron chi connectivity index (χ0n) is 11.0. The first-order chi connectivity index (χ1) is 8.53. The van der Waals surface area contributed by atoms with E-state index in [1.54, 1.807) is 0 Å². The van der Waals surface area contributed by atoms with E-state index >= 15 is 0 Å². The third-order valence-corrected chi connectivity index (χ3v) is 4.28. The van der Waals surface area contributed by atoms with E-state index in [2.05, 4.69) is 66.2 Å². The summed E-state index contributed by atoms with van der Waals surface area (Å²) in [5.41, 5.74) is 7.43. The molecule has 0 bridgehead atoms. The van der Waals surface area contributed by atoms with Crippen LogP contribution >= 0.6 is 15.9 Å². The largest absolute Gasteiger partial charge is 0.330 e. The fourth-order valence-corrected chi connectivity index (χ4v) is 2.60. The Morgan fingerprint density at radius 2 is 1.72 bits per heavy atom. The van der Waals surface area contributed by atoms with Crippen molar-refractivity contribution in [3.8, 4) is 0 Å². The van der Waals surface area contributed by atoms with Crippen molar-refractivity contribution in [1.29, 1.82) is 0 Å². The number of fused-ring (bicyclic) bond motifs is 1. The molecule has 0 aliphatic heterocycles. The molecule has 2 N–H and O–H groups in total. The lowest BCUT2D eigenvalue weighted by molar-refractivity contribution is 0.348. The SMILES string of the molecule is CC(C)(CN)CCc1ccc(Br)c2ccccc12. The van der Waals surface area contributed by atoms with Gasteiger partial charge >= 0.3 is 0 Å². The van der Waals surface area contributed by atoms with Crippen molar-refractivity contribution in [2.45, 2.75) is 26.7 Å². The van der Waals surface area contributed by atoms with Crippen molar-refractivity contribution in [2.24, 2.45) is 11.1 Å². The summed E-state index contributed by atoms with van der Waals surface area (Å²) in [4.78, 5) is 0. The Balaban J connectivity index is 2.32. The van der Waals surface area contributed by atoms with Gasteiger partial charge in [0.05, 0.1) is 0 Å². The van der Waals surface area contributed by atoms with Crippen LogP contribution in [0, 0.1) is 5.41 Å². The molecule has 0 spiro atoms. The molecule has 2 aromatic carbocycles. The fourth-order valence-electron chi connectivity index (χ4n) is 2.12. The van der Waals surface area contributed by atoms with Gasteiger partial charge in [-0.1, -0.05) is 60.1 Å². The minimum Gasteiger partial charge on any atom is -0.330 e. The van der Waals surface area contributed by atoms with Gasteiger partial charge in [-0.15, -0.1) is 0 Å². The van der Waals surface area contributed by atoms with Crippen LogP contribution in [-0.4, -0.2) is 6.54 Å². The summed E-state index contributed by atoms with van der Waals surface area (Å²) in [6, 6.07) is 12.9. The molecule has 0 aliphatic carbocycles. The third kappa shape index (κ3) is 2.93. The van der Waals surface area contributed by atoms with Crippen LogP contribution in [0.2, 0.25) is 0 Å². The average Bonchev–Trinajstić information content (AvgIpc) is 2.38. The van der Waals surface area contributed by atoms with E-state index in [1.807, 2.05) is 0 Å². The molecule has 0 aromatic heterocycles. The number of benzene rings is 2. The van der Waals surface area contributed by atoms with Crippen LogP contribution in [0.3, 0.4) is 0 Å². The third-order valence-electron chi connectivity index (χ3n) is 3.58. The van der Waals surface area contributed by atoms with E-state index in [1.165, 1.54) is 20.8 Å². The predicted molar refractivity (Wildman–Crippen MR) is 82.8 cm³/mol. The summed E-state index contributed by atoms with van der Waals surface area (Å²) >= 11 is 3.62. The van der Waals surface area contributed by atoms with Crippen LogP contribution < -0.4 is 5.73 Å². The Morgan fingerprint density at radius 3 is 2.39 bits per heavy atom. The Hall–Kier alpha value is -0.860. The first kappa shape index (κ1) is 13.6. The molecule has 2 rings (SSSR count). The lowest BCUT2D eigenvalue weighted by Crippen LogP contribution is -2.24. The van der Waals surface area contributed by atoms with E-state index in [0.29, 0.717) is 0 Å². The number of nitrogens with two attached hydrogens (primary N) is 1. The van der Waals surface area contributed by atoms with Crippen LogP contribution in [0.15, 0.2) is 40.9 Å². The van der Waals surface area contributed by atoms with E-state index in [9.17, 15) is 0 Å². The van der Waals surface area contributed by atoms with Crippen LogP contribution in [-0.2, 0) is 6.42 Å². The van der Waals surface area contributed by atoms with Gasteiger partial charge in [-0.05, 0) is 47.2 Å². The van der Waals surface area contributed by atoms with Crippen LogP contribution in [0.25, 0.3) is 10.8 Å². The molecular weight excluding hydrogens is 286 g/mol. The summed E-state index contributed by atoms with van der Waals surface area (Å²) in [6.45, 7) is 5.20. The summed E-state index contributed by atoms with van der Waals surface area (Å²) in [6.07, 6.45) is 2.20. The van der Waals surface area contributed by atoms with Gasteiger partial charge < -0.3 is 5.73 Å². The van der Waals surface area contributed by atoms with Crippen molar-refractivity contribution in [3.63, 3.8) is 0 Å². The molecule has 0 saturated carbocycles. The molecule has 2 heteroatoms. The minimum absolute atomic E-state index is 0.216. The fraction of sp³-hybridized carbons (Fsp3) is 0.375. The van der Waals surface area contributed by atoms with Gasteiger partial charge in [-0.25, -0.2) is 0 Å². The number of hydrogen-bond acceptors (Lipinski definition) is 1. The van der Waals surface area contributed by atoms with E-state index in [0.717, 1.165) is 19.4 Å². The Kier molecular flexibility index (Phi) is 4.08. The van der Waals surface area contributed by atoms with Crippen molar-refractivity contribution < 1.29 is 0 Å². The highest BCUT2D eigenvalue weighted by Crippen LogP contribution is 2.29. The minimum atomic E-state index is 0.216. The van der Waals surface area contributed by atoms with Gasteiger partial charge in [-0.3, -0.25) is 0 Å². The lowest BCUT2D eigenvalue weighted by atomic mass is 9.85. The molecule has 18 heavy (non-hydrogen) atoms. The normalized spacial score (nSPS) is 12.0. The molecule has 0 saturated heterocycles. The Morgan fingerprint density at radius 1 is 1.06 bits per heavy atom. The molecular formula is C16H20BrN. The zero-order valence-corrected chi connectivity index (χ0v) is 12.6. The number of halogens is 1. The molecule has 0 fully saturated rings. The summed E-state index contributed by atoms with van der Waals surface area (Å²) < 4.78 is 1.17. The van der Waals surface area contributed by atoms with E-state index in [4.69, 9.17) is 5.73 Å². The Labute approximate surface area is 118 Å². The van der Waals surface area contributed by atoms with Crippen LogP contribution in [0.5, 0.6) is 0 Å². The maximum atomic E-state index is 5.80. The molecule has 1 nitrogen and oxygen atoms in total. The molecule has 0 aliphatic rings. The second-order valence-corrected chi connectivity index (χ2v) is 6.47. The van der Waals surface area contributed by atoms with Gasteiger partial charge in [0.25, 0.3) is 0 Å². The second-order valence-electron chi connectivity index (χ2n) is 5.62. The van der Waals surface area contributed by atoms with Crippen molar-refractivity contribution >= 4 is 26.7 Å². The lowest BCUT2D eigenvalue weighted by Gasteiger charge is -2.22. The van der Waals surface area contributed by atoms with Gasteiger partial charge in [0, 0.05) is 4.47 Å². The number of hydrogen-bond donors (Lipinski definition) is 1. The van der Waals surface area contributed by atoms with Gasteiger partial charge in [0.2, 0.25) is 0 Å². The van der Waals surface area contributed by atoms with Crippen LogP contribution in [0.4, 0.5) is 0 Å². The van der Waals surface area contributed by atoms with Gasteiger partial charge in [0.15, 0.2) is 0 Å².